The second-order valence-corrected chi connectivity index (χ2v) is 4.64. The van der Waals surface area contributed by atoms with Gasteiger partial charge in [0.1, 0.15) is 6.04 Å². The predicted octanol–water partition coefficient (Wildman–Crippen LogP) is 1.38. The van der Waals surface area contributed by atoms with E-state index in [2.05, 4.69) is 17.2 Å². The molecule has 0 spiro atoms. The topological polar surface area (TPSA) is 75.3 Å². The molecule has 5 nitrogen and oxygen atoms in total. The average Bonchev–Trinajstić information content (AvgIpc) is 2.42. The summed E-state index contributed by atoms with van der Waals surface area (Å²) in [5.41, 5.74) is 1.53. The van der Waals surface area contributed by atoms with Crippen molar-refractivity contribution in [3.05, 3.63) is 36.0 Å². The molecule has 2 N–H and O–H groups in total. The Morgan fingerprint density at radius 2 is 2.15 bits per heavy atom. The highest BCUT2D eigenvalue weighted by molar-refractivity contribution is 6.03. The molecule has 5 heteroatoms. The van der Waals surface area contributed by atoms with Crippen LogP contribution in [0.2, 0.25) is 0 Å². The molecule has 1 heterocycles. The standard InChI is InChI=1S/C15H20N2O3/c1-4-10(3)6-7-11(5-2)14(19)16-12-8-9-13(18)17-15(12)20/h4,6-7,12H,1,5,8-9H2,2-3H3,(H,16,19)(H,17,18,20)/b10-6-,11-7+. The first-order valence-corrected chi connectivity index (χ1v) is 6.62. The van der Waals surface area contributed by atoms with Gasteiger partial charge in [0.05, 0.1) is 0 Å². The molecule has 1 saturated heterocycles. The minimum atomic E-state index is -0.639. The van der Waals surface area contributed by atoms with E-state index in [-0.39, 0.29) is 18.2 Å². The fraction of sp³-hybridized carbons (Fsp3) is 0.400. The van der Waals surface area contributed by atoms with Crippen LogP contribution < -0.4 is 10.6 Å². The van der Waals surface area contributed by atoms with E-state index in [0.717, 1.165) is 5.57 Å². The third-order valence-electron chi connectivity index (χ3n) is 3.09. The smallest absolute Gasteiger partial charge is 0.249 e. The molecule has 1 aliphatic rings. The van der Waals surface area contributed by atoms with Crippen molar-refractivity contribution in [1.82, 2.24) is 10.6 Å². The molecule has 1 rings (SSSR count). The van der Waals surface area contributed by atoms with Crippen LogP contribution in [0.4, 0.5) is 0 Å². The van der Waals surface area contributed by atoms with Crippen LogP contribution in [0.15, 0.2) is 36.0 Å². The number of imide groups is 1. The van der Waals surface area contributed by atoms with E-state index in [1.807, 2.05) is 13.8 Å². The molecule has 1 atom stereocenters. The number of hydrogen-bond donors (Lipinski definition) is 2. The number of amides is 3. The van der Waals surface area contributed by atoms with E-state index in [1.54, 1.807) is 18.2 Å². The van der Waals surface area contributed by atoms with E-state index in [0.29, 0.717) is 18.4 Å². The molecule has 0 aromatic rings. The van der Waals surface area contributed by atoms with Crippen molar-refractivity contribution < 1.29 is 14.4 Å². The fourth-order valence-corrected chi connectivity index (χ4v) is 1.74. The van der Waals surface area contributed by atoms with Crippen molar-refractivity contribution in [1.29, 1.82) is 0 Å². The first kappa shape index (κ1) is 15.9. The van der Waals surface area contributed by atoms with Gasteiger partial charge in [-0.15, -0.1) is 0 Å². The lowest BCUT2D eigenvalue weighted by molar-refractivity contribution is -0.136. The molecule has 0 aromatic heterocycles. The predicted molar refractivity (Wildman–Crippen MR) is 76.6 cm³/mol. The van der Waals surface area contributed by atoms with Crippen LogP contribution in [0.25, 0.3) is 0 Å². The fourth-order valence-electron chi connectivity index (χ4n) is 1.74. The largest absolute Gasteiger partial charge is 0.340 e. The summed E-state index contributed by atoms with van der Waals surface area (Å²) in [5.74, 6) is -1.02. The third kappa shape index (κ3) is 4.50. The first-order valence-electron chi connectivity index (χ1n) is 6.62. The molecule has 0 radical (unpaired) electrons. The van der Waals surface area contributed by atoms with Crippen molar-refractivity contribution in [3.63, 3.8) is 0 Å². The van der Waals surface area contributed by atoms with Gasteiger partial charge in [0.25, 0.3) is 0 Å². The third-order valence-corrected chi connectivity index (χ3v) is 3.09. The van der Waals surface area contributed by atoms with Crippen LogP contribution in [-0.2, 0) is 14.4 Å². The highest BCUT2D eigenvalue weighted by atomic mass is 16.2. The normalized spacial score (nSPS) is 20.4. The van der Waals surface area contributed by atoms with E-state index in [1.165, 1.54) is 0 Å². The van der Waals surface area contributed by atoms with Gasteiger partial charge in [0, 0.05) is 12.0 Å². The summed E-state index contributed by atoms with van der Waals surface area (Å²) in [6.07, 6.45) is 6.36. The molecule has 0 bridgehead atoms. The number of hydrogen-bond acceptors (Lipinski definition) is 3. The Hall–Kier alpha value is -2.17. The summed E-state index contributed by atoms with van der Waals surface area (Å²) in [6, 6.07) is -0.639. The van der Waals surface area contributed by atoms with Crippen molar-refractivity contribution >= 4 is 17.7 Å². The maximum absolute atomic E-state index is 12.1. The molecule has 1 fully saturated rings. The van der Waals surface area contributed by atoms with Crippen molar-refractivity contribution in [3.8, 4) is 0 Å². The Balaban J connectivity index is 2.71. The number of rotatable bonds is 5. The van der Waals surface area contributed by atoms with Gasteiger partial charge in [0.15, 0.2) is 0 Å². The second-order valence-electron chi connectivity index (χ2n) is 4.64. The SMILES string of the molecule is C=C/C(C)=C\C=C(/CC)C(=O)NC1CCC(=O)NC1=O. The molecule has 20 heavy (non-hydrogen) atoms. The van der Waals surface area contributed by atoms with Crippen LogP contribution in [0.3, 0.4) is 0 Å². The van der Waals surface area contributed by atoms with E-state index < -0.39 is 11.9 Å². The number of carbonyl (C=O) groups is 3. The van der Waals surface area contributed by atoms with E-state index >= 15 is 0 Å². The Morgan fingerprint density at radius 1 is 1.45 bits per heavy atom. The minimum Gasteiger partial charge on any atom is -0.340 e. The Labute approximate surface area is 118 Å². The summed E-state index contributed by atoms with van der Waals surface area (Å²) in [7, 11) is 0. The molecule has 0 aromatic carbocycles. The molecule has 0 saturated carbocycles. The number of piperidine rings is 1. The van der Waals surface area contributed by atoms with Gasteiger partial charge >= 0.3 is 0 Å². The highest BCUT2D eigenvalue weighted by Crippen LogP contribution is 2.08. The summed E-state index contributed by atoms with van der Waals surface area (Å²) < 4.78 is 0. The molecule has 1 aliphatic heterocycles. The summed E-state index contributed by atoms with van der Waals surface area (Å²) >= 11 is 0. The Bertz CT molecular complexity index is 489. The number of allylic oxidation sites excluding steroid dienone is 4. The van der Waals surface area contributed by atoms with E-state index in [9.17, 15) is 14.4 Å². The molecule has 3 amide bonds. The van der Waals surface area contributed by atoms with Crippen LogP contribution in [0.5, 0.6) is 0 Å². The van der Waals surface area contributed by atoms with Gasteiger partial charge in [-0.2, -0.15) is 0 Å². The van der Waals surface area contributed by atoms with Gasteiger partial charge in [-0.05, 0) is 19.8 Å². The molecule has 0 aliphatic carbocycles. The zero-order valence-electron chi connectivity index (χ0n) is 11.9. The van der Waals surface area contributed by atoms with Crippen molar-refractivity contribution in [2.45, 2.75) is 39.2 Å². The van der Waals surface area contributed by atoms with Crippen LogP contribution >= 0.6 is 0 Å². The first-order chi connectivity index (χ1) is 9.47. The zero-order chi connectivity index (χ0) is 15.1. The van der Waals surface area contributed by atoms with E-state index in [4.69, 9.17) is 0 Å². The quantitative estimate of drug-likeness (QED) is 0.452. The monoisotopic (exact) mass is 276 g/mol. The van der Waals surface area contributed by atoms with Gasteiger partial charge in [-0.3, -0.25) is 19.7 Å². The Morgan fingerprint density at radius 3 is 2.70 bits per heavy atom. The maximum atomic E-state index is 12.1. The number of carbonyl (C=O) groups excluding carboxylic acids is 3. The van der Waals surface area contributed by atoms with Gasteiger partial charge in [-0.25, -0.2) is 0 Å². The Kier molecular flexibility index (Phi) is 5.90. The van der Waals surface area contributed by atoms with Crippen molar-refractivity contribution in [2.75, 3.05) is 0 Å². The second kappa shape index (κ2) is 7.43. The average molecular weight is 276 g/mol. The van der Waals surface area contributed by atoms with Gasteiger partial charge < -0.3 is 5.32 Å². The lowest BCUT2D eigenvalue weighted by Crippen LogP contribution is -2.52. The number of nitrogens with one attached hydrogen (secondary N) is 2. The molecular formula is C15H20N2O3. The summed E-state index contributed by atoms with van der Waals surface area (Å²) in [6.45, 7) is 7.39. The lowest BCUT2D eigenvalue weighted by atomic mass is 10.0. The van der Waals surface area contributed by atoms with Gasteiger partial charge in [0.2, 0.25) is 17.7 Å². The summed E-state index contributed by atoms with van der Waals surface area (Å²) in [4.78, 5) is 34.7. The molecule has 1 unspecified atom stereocenters. The molecular weight excluding hydrogens is 256 g/mol. The van der Waals surface area contributed by atoms with Gasteiger partial charge in [-0.1, -0.05) is 37.3 Å². The van der Waals surface area contributed by atoms with Crippen LogP contribution in [0, 0.1) is 0 Å². The van der Waals surface area contributed by atoms with Crippen molar-refractivity contribution in [2.24, 2.45) is 0 Å². The molecule has 108 valence electrons. The van der Waals surface area contributed by atoms with Crippen LogP contribution in [0.1, 0.15) is 33.1 Å². The minimum absolute atomic E-state index is 0.247. The lowest BCUT2D eigenvalue weighted by Gasteiger charge is -2.22. The maximum Gasteiger partial charge on any atom is 0.249 e. The zero-order valence-corrected chi connectivity index (χ0v) is 11.9. The highest BCUT2D eigenvalue weighted by Gasteiger charge is 2.28. The summed E-state index contributed by atoms with van der Waals surface area (Å²) in [5, 5.41) is 4.87. The van der Waals surface area contributed by atoms with Crippen LogP contribution in [-0.4, -0.2) is 23.8 Å².